The summed E-state index contributed by atoms with van der Waals surface area (Å²) in [6, 6.07) is 3.70. The van der Waals surface area contributed by atoms with Gasteiger partial charge in [0, 0.05) is 36.1 Å². The first-order chi connectivity index (χ1) is 13.3. The minimum absolute atomic E-state index is 0.0209. The fraction of sp³-hybridized carbons (Fsp3) is 0.421. The van der Waals surface area contributed by atoms with E-state index in [2.05, 4.69) is 15.7 Å². The molecule has 1 aromatic carbocycles. The van der Waals surface area contributed by atoms with Crippen LogP contribution in [-0.4, -0.2) is 23.8 Å². The summed E-state index contributed by atoms with van der Waals surface area (Å²) in [5.41, 5.74) is 7.43. The van der Waals surface area contributed by atoms with Gasteiger partial charge in [0.05, 0.1) is 17.5 Å². The van der Waals surface area contributed by atoms with Crippen LogP contribution in [0.25, 0.3) is 0 Å². The largest absolute Gasteiger partial charge is 0.389 e. The highest BCUT2D eigenvalue weighted by molar-refractivity contribution is 5.95. The molecule has 28 heavy (non-hydrogen) atoms. The van der Waals surface area contributed by atoms with Gasteiger partial charge in [-0.25, -0.2) is 18.7 Å². The van der Waals surface area contributed by atoms with Crippen molar-refractivity contribution in [1.82, 2.24) is 5.32 Å². The number of benzene rings is 1. The maximum Gasteiger partial charge on any atom is 0.279 e. The molecule has 5 N–H and O–H groups in total. The molecule has 0 spiro atoms. The number of allylic oxidation sites excluding steroid dienone is 1. The van der Waals surface area contributed by atoms with Crippen LogP contribution < -0.4 is 10.6 Å². The van der Waals surface area contributed by atoms with Crippen molar-refractivity contribution in [3.05, 3.63) is 53.2 Å². The molecule has 0 bridgehead atoms. The molecule has 0 amide bonds. The van der Waals surface area contributed by atoms with Crippen LogP contribution in [0.2, 0.25) is 0 Å². The molecule has 1 fully saturated rings. The van der Waals surface area contributed by atoms with Crippen molar-refractivity contribution >= 4 is 11.4 Å². The second-order valence-electron chi connectivity index (χ2n) is 6.73. The average molecular weight is 395 g/mol. The highest BCUT2D eigenvalue weighted by Crippen LogP contribution is 2.28. The van der Waals surface area contributed by atoms with E-state index in [4.69, 9.17) is 10.9 Å². The third-order valence-electron chi connectivity index (χ3n) is 4.21. The third-order valence-corrected chi connectivity index (χ3v) is 4.21. The third kappa shape index (κ3) is 6.80. The molecule has 0 aromatic heterocycles. The molecule has 0 saturated heterocycles. The summed E-state index contributed by atoms with van der Waals surface area (Å²) in [6.07, 6.45) is 0.831. The number of hydrogen-bond donors (Lipinski definition) is 5. The minimum atomic E-state index is -2.96. The number of hydrogen-bond acceptors (Lipinski definition) is 6. The van der Waals surface area contributed by atoms with Gasteiger partial charge in [-0.05, 0) is 50.0 Å². The number of anilines is 1. The quantitative estimate of drug-likeness (QED) is 0.276. The number of rotatable bonds is 11. The summed E-state index contributed by atoms with van der Waals surface area (Å²) in [7, 11) is 0. The van der Waals surface area contributed by atoms with Crippen LogP contribution in [0.4, 0.5) is 18.9 Å². The monoisotopic (exact) mass is 395 g/mol. The predicted molar refractivity (Wildman–Crippen MR) is 101 cm³/mol. The van der Waals surface area contributed by atoms with E-state index >= 15 is 0 Å². The zero-order chi connectivity index (χ0) is 20.7. The first-order valence-corrected chi connectivity index (χ1v) is 8.91. The topological polar surface area (TPSA) is 104 Å². The Morgan fingerprint density at radius 1 is 1.39 bits per heavy atom. The van der Waals surface area contributed by atoms with E-state index in [1.807, 2.05) is 0 Å². The Kier molecular flexibility index (Phi) is 7.74. The molecule has 0 heterocycles. The number of aliphatic hydroxyl groups is 1. The van der Waals surface area contributed by atoms with Crippen LogP contribution in [0.15, 0.2) is 47.0 Å². The molecule has 1 atom stereocenters. The Morgan fingerprint density at radius 3 is 2.68 bits per heavy atom. The van der Waals surface area contributed by atoms with Gasteiger partial charge in [-0.15, -0.1) is 0 Å². The molecule has 1 aromatic rings. The summed E-state index contributed by atoms with van der Waals surface area (Å²) < 4.78 is 39.2. The maximum absolute atomic E-state index is 13.5. The molecule has 2 rings (SSSR count). The summed E-state index contributed by atoms with van der Waals surface area (Å²) >= 11 is 0. The lowest BCUT2D eigenvalue weighted by Crippen LogP contribution is -2.13. The van der Waals surface area contributed by atoms with Crippen LogP contribution in [0.5, 0.6) is 0 Å². The normalized spacial score (nSPS) is 16.1. The zero-order valence-corrected chi connectivity index (χ0v) is 15.5. The zero-order valence-electron chi connectivity index (χ0n) is 15.5. The van der Waals surface area contributed by atoms with Crippen molar-refractivity contribution in [2.75, 3.05) is 11.9 Å². The second-order valence-corrected chi connectivity index (χ2v) is 6.73. The molecular weight excluding hydrogens is 371 g/mol. The Bertz CT molecular complexity index is 773. The fourth-order valence-electron chi connectivity index (χ4n) is 2.53. The minimum Gasteiger partial charge on any atom is -0.389 e. The Morgan fingerprint density at radius 2 is 2.11 bits per heavy atom. The summed E-state index contributed by atoms with van der Waals surface area (Å²) in [4.78, 5) is 0. The Labute approximate surface area is 161 Å². The van der Waals surface area contributed by atoms with E-state index in [-0.39, 0.29) is 23.4 Å². The standard InChI is InChI=1S/C19H24F3N5O/c1-11(28)16-6-13(20)4-5-18(16)26-14(8-17(23)19(21)22)7-15(27-24)10-25-9-12-2-3-12/h4-6,8,10-12,19,23-26,28H,2-3,7,9H2,1H3/b14-8-,15-10-,23-17?,27-24?/t11-/m1/s1. The molecule has 0 unspecified atom stereocenters. The summed E-state index contributed by atoms with van der Waals surface area (Å²) in [6.45, 7) is 2.21. The second kappa shape index (κ2) is 10.0. The van der Waals surface area contributed by atoms with Crippen molar-refractivity contribution in [1.29, 1.82) is 10.9 Å². The van der Waals surface area contributed by atoms with E-state index in [0.29, 0.717) is 11.6 Å². The molecule has 1 saturated carbocycles. The smallest absolute Gasteiger partial charge is 0.279 e. The molecular formula is C19H24F3N5O. The predicted octanol–water partition coefficient (Wildman–Crippen LogP) is 4.72. The highest BCUT2D eigenvalue weighted by atomic mass is 19.3. The van der Waals surface area contributed by atoms with Gasteiger partial charge in [0.1, 0.15) is 5.82 Å². The van der Waals surface area contributed by atoms with E-state index in [0.717, 1.165) is 31.5 Å². The van der Waals surface area contributed by atoms with Gasteiger partial charge in [0.15, 0.2) is 0 Å². The van der Waals surface area contributed by atoms with Crippen molar-refractivity contribution in [2.24, 2.45) is 11.0 Å². The van der Waals surface area contributed by atoms with Gasteiger partial charge >= 0.3 is 0 Å². The van der Waals surface area contributed by atoms with Gasteiger partial charge in [-0.3, -0.25) is 5.41 Å². The Hall–Kier alpha value is -2.68. The lowest BCUT2D eigenvalue weighted by Gasteiger charge is -2.17. The number of nitrogens with zero attached hydrogens (tertiary/aromatic N) is 1. The average Bonchev–Trinajstić information content (AvgIpc) is 3.46. The van der Waals surface area contributed by atoms with Crippen LogP contribution in [0, 0.1) is 22.7 Å². The highest BCUT2D eigenvalue weighted by Gasteiger charge is 2.20. The van der Waals surface area contributed by atoms with Crippen LogP contribution in [0.3, 0.4) is 0 Å². The molecule has 1 aliphatic rings. The number of halogens is 3. The molecule has 0 aliphatic heterocycles. The van der Waals surface area contributed by atoms with E-state index < -0.39 is 24.1 Å². The fourth-order valence-corrected chi connectivity index (χ4v) is 2.53. The van der Waals surface area contributed by atoms with Crippen LogP contribution in [-0.2, 0) is 0 Å². The Balaban J connectivity index is 2.24. The van der Waals surface area contributed by atoms with Gasteiger partial charge in [0.25, 0.3) is 6.43 Å². The van der Waals surface area contributed by atoms with Gasteiger partial charge < -0.3 is 15.7 Å². The van der Waals surface area contributed by atoms with Gasteiger partial charge in [0.2, 0.25) is 0 Å². The van der Waals surface area contributed by atoms with Crippen molar-refractivity contribution in [3.63, 3.8) is 0 Å². The number of aliphatic hydroxyl groups excluding tert-OH is 1. The first kappa shape index (κ1) is 21.6. The first-order valence-electron chi connectivity index (χ1n) is 8.91. The van der Waals surface area contributed by atoms with Crippen molar-refractivity contribution in [2.45, 2.75) is 38.7 Å². The maximum atomic E-state index is 13.5. The van der Waals surface area contributed by atoms with E-state index in [1.165, 1.54) is 19.1 Å². The molecule has 6 nitrogen and oxygen atoms in total. The lowest BCUT2D eigenvalue weighted by molar-refractivity contribution is 0.199. The molecule has 9 heteroatoms. The number of nitrogens with one attached hydrogen (secondary N) is 4. The molecule has 152 valence electrons. The van der Waals surface area contributed by atoms with Gasteiger partial charge in [-0.1, -0.05) is 0 Å². The summed E-state index contributed by atoms with van der Waals surface area (Å²) in [5.74, 6) is 0.0644. The molecule has 0 radical (unpaired) electrons. The van der Waals surface area contributed by atoms with Crippen molar-refractivity contribution < 1.29 is 18.3 Å². The van der Waals surface area contributed by atoms with E-state index in [9.17, 15) is 18.3 Å². The van der Waals surface area contributed by atoms with Crippen LogP contribution >= 0.6 is 0 Å². The SMILES string of the molecule is C[C@@H](O)c1cc(F)ccc1N/C(=C\C(=N)C(F)F)C/C(=C/NCC1CC1)N=N. The van der Waals surface area contributed by atoms with Crippen molar-refractivity contribution in [3.8, 4) is 0 Å². The summed E-state index contributed by atoms with van der Waals surface area (Å²) in [5, 5.41) is 26.6. The van der Waals surface area contributed by atoms with Gasteiger partial charge in [-0.2, -0.15) is 5.11 Å². The molecule has 1 aliphatic carbocycles. The van der Waals surface area contributed by atoms with E-state index in [1.54, 1.807) is 6.20 Å². The lowest BCUT2D eigenvalue weighted by atomic mass is 10.1. The number of alkyl halides is 2. The van der Waals surface area contributed by atoms with Crippen LogP contribution in [0.1, 0.15) is 37.9 Å².